The molecule has 4 N–H and O–H groups in total. The molecule has 0 saturated heterocycles. The van der Waals surface area contributed by atoms with E-state index in [4.69, 9.17) is 33.7 Å². The van der Waals surface area contributed by atoms with Crippen LogP contribution in [-0.4, -0.2) is 74.9 Å². The second-order valence-corrected chi connectivity index (χ2v) is 15.1. The number of hydrogen-bond donors (Lipinski definition) is 3. The van der Waals surface area contributed by atoms with Crippen LogP contribution in [0.1, 0.15) is 139 Å². The molecule has 0 amide bonds. The van der Waals surface area contributed by atoms with E-state index in [0.717, 1.165) is 36.2 Å². The number of unbranched alkanes of at least 4 members (excludes halogenated alkanes) is 15. The highest BCUT2D eigenvalue weighted by Gasteiger charge is 2.20. The lowest BCUT2D eigenvalue weighted by Gasteiger charge is -2.22. The molecule has 2 aromatic rings. The predicted octanol–water partition coefficient (Wildman–Crippen LogP) is 8.65. The highest BCUT2D eigenvalue weighted by molar-refractivity contribution is 7.40. The van der Waals surface area contributed by atoms with E-state index in [2.05, 4.69) is 23.4 Å². The van der Waals surface area contributed by atoms with Crippen LogP contribution in [0.3, 0.4) is 0 Å². The summed E-state index contributed by atoms with van der Waals surface area (Å²) in [7, 11) is 1.01. The molecule has 3 atom stereocenters. The number of nitrogens with two attached hydrogens (primary N) is 1. The third-order valence-electron chi connectivity index (χ3n) is 9.82. The lowest BCUT2D eigenvalue weighted by molar-refractivity contribution is -0.0489. The van der Waals surface area contributed by atoms with Crippen LogP contribution in [0.15, 0.2) is 35.3 Å². The quantitative estimate of drug-likeness (QED) is 0.0474. The molecule has 0 fully saturated rings. The summed E-state index contributed by atoms with van der Waals surface area (Å²) in [4.78, 5) is 14.8. The molecule has 0 spiro atoms. The van der Waals surface area contributed by atoms with E-state index >= 15 is 0 Å². The summed E-state index contributed by atoms with van der Waals surface area (Å²) in [5.74, 6) is 1.01. The first-order valence-corrected chi connectivity index (χ1v) is 21.4. The van der Waals surface area contributed by atoms with Gasteiger partial charge in [0.15, 0.2) is 0 Å². The zero-order chi connectivity index (χ0) is 38.6. The maximum atomic E-state index is 10.6. The van der Waals surface area contributed by atoms with Gasteiger partial charge >= 0.3 is 8.60 Å². The van der Waals surface area contributed by atoms with Gasteiger partial charge in [0, 0.05) is 19.4 Å². The van der Waals surface area contributed by atoms with Gasteiger partial charge in [0.25, 0.3) is 0 Å². The fourth-order valence-corrected chi connectivity index (χ4v) is 7.15. The van der Waals surface area contributed by atoms with Crippen molar-refractivity contribution in [1.29, 1.82) is 5.26 Å². The molecule has 1 aromatic carbocycles. The molecular formula is C41H68N5O7P. The van der Waals surface area contributed by atoms with E-state index in [0.29, 0.717) is 43.5 Å². The Morgan fingerprint density at radius 2 is 1.50 bits per heavy atom. The number of fused-ring (bicyclic) bond motifs is 1. The number of aliphatic imine (C=N–C) groups is 1. The Morgan fingerprint density at radius 3 is 2.11 bits per heavy atom. The van der Waals surface area contributed by atoms with Crippen molar-refractivity contribution in [2.75, 3.05) is 52.7 Å². The van der Waals surface area contributed by atoms with E-state index in [1.807, 2.05) is 22.9 Å². The van der Waals surface area contributed by atoms with Crippen molar-refractivity contribution in [3.63, 3.8) is 0 Å². The van der Waals surface area contributed by atoms with Gasteiger partial charge in [0.2, 0.25) is 0 Å². The number of methoxy groups -OCH3 is 2. The molecule has 3 rings (SSSR count). The van der Waals surface area contributed by atoms with Crippen LogP contribution in [0.25, 0.3) is 0 Å². The second kappa shape index (κ2) is 28.6. The van der Waals surface area contributed by atoms with Gasteiger partial charge < -0.3 is 44.0 Å². The standard InChI is InChI=1S/C41H68N5O7P/c1-4-5-6-7-8-9-10-11-12-13-14-15-16-17-18-19-26-50-30-38(51-29-34-20-21-35(28-42)40(27-34)49-3)32-53-54(47)52-31-37(48-2)24-22-36-23-25-39-41(43)44-33-45-46(36)39/h20-21,23,25,27,37-38,45,47H,4-19,22,24,26,29-33H2,1-3H3,(H2,43,44). The Kier molecular flexibility index (Phi) is 24.2. The average molecular weight is 774 g/mol. The van der Waals surface area contributed by atoms with E-state index in [-0.39, 0.29) is 25.9 Å². The first-order valence-electron chi connectivity index (χ1n) is 20.3. The van der Waals surface area contributed by atoms with Gasteiger partial charge in [-0.2, -0.15) is 5.26 Å². The summed E-state index contributed by atoms with van der Waals surface area (Å²) in [6.45, 7) is 4.21. The van der Waals surface area contributed by atoms with Gasteiger partial charge in [0.1, 0.15) is 36.1 Å². The Bertz CT molecular complexity index is 1350. The summed E-state index contributed by atoms with van der Waals surface area (Å²) in [5, 5.41) is 9.33. The van der Waals surface area contributed by atoms with Gasteiger partial charge in [-0.3, -0.25) is 4.68 Å². The minimum atomic E-state index is -2.16. The SMILES string of the molecule is CCCCCCCCCCCCCCCCCCOCC(COP(O)OCC(CCc1ccc2n1NCN=C2N)OC)OCc1ccc(C#N)c(OC)c1. The smallest absolute Gasteiger partial charge is 0.330 e. The van der Waals surface area contributed by atoms with Crippen LogP contribution < -0.4 is 15.9 Å². The minimum Gasteiger partial charge on any atom is -0.495 e. The number of benzene rings is 1. The zero-order valence-electron chi connectivity index (χ0n) is 33.3. The zero-order valence-corrected chi connectivity index (χ0v) is 34.2. The molecular weight excluding hydrogens is 705 g/mol. The van der Waals surface area contributed by atoms with Crippen molar-refractivity contribution in [1.82, 2.24) is 4.68 Å². The summed E-state index contributed by atoms with van der Waals surface area (Å²) in [6.07, 6.45) is 22.0. The number of nitriles is 1. The van der Waals surface area contributed by atoms with Crippen molar-refractivity contribution < 1.29 is 32.9 Å². The summed E-state index contributed by atoms with van der Waals surface area (Å²) < 4.78 is 36.5. The highest BCUT2D eigenvalue weighted by atomic mass is 31.2. The van der Waals surface area contributed by atoms with Gasteiger partial charge in [-0.1, -0.05) is 109 Å². The van der Waals surface area contributed by atoms with Crippen LogP contribution in [-0.2, 0) is 36.3 Å². The second-order valence-electron chi connectivity index (χ2n) is 14.1. The number of amidine groups is 1. The molecule has 3 unspecified atom stereocenters. The number of nitrogens with zero attached hydrogens (tertiary/aromatic N) is 3. The number of hydrogen-bond acceptors (Lipinski definition) is 11. The number of ether oxygens (including phenoxy) is 4. The maximum Gasteiger partial charge on any atom is 0.330 e. The lowest BCUT2D eigenvalue weighted by Crippen LogP contribution is -2.32. The normalized spacial score (nSPS) is 14.2. The summed E-state index contributed by atoms with van der Waals surface area (Å²) in [5.41, 5.74) is 12.4. The van der Waals surface area contributed by atoms with Crippen LogP contribution >= 0.6 is 8.60 Å². The molecule has 304 valence electrons. The third kappa shape index (κ3) is 18.3. The molecule has 1 aromatic heterocycles. The molecule has 12 nitrogen and oxygen atoms in total. The summed E-state index contributed by atoms with van der Waals surface area (Å²) >= 11 is 0. The maximum absolute atomic E-state index is 10.6. The number of nitrogens with one attached hydrogen (secondary N) is 1. The van der Waals surface area contributed by atoms with Crippen molar-refractivity contribution >= 4 is 14.4 Å². The van der Waals surface area contributed by atoms with Crippen LogP contribution in [0.2, 0.25) is 0 Å². The molecule has 54 heavy (non-hydrogen) atoms. The van der Waals surface area contributed by atoms with Crippen molar-refractivity contribution in [3.05, 3.63) is 52.8 Å². The molecule has 1 aliphatic rings. The Balaban J connectivity index is 1.32. The Labute approximate surface area is 326 Å². The average Bonchev–Trinajstić information content (AvgIpc) is 3.62. The van der Waals surface area contributed by atoms with E-state index < -0.39 is 14.7 Å². The number of aryl methyl sites for hydroxylation is 1. The third-order valence-corrected chi connectivity index (χ3v) is 10.6. The Morgan fingerprint density at radius 1 is 0.870 bits per heavy atom. The van der Waals surface area contributed by atoms with Gasteiger partial charge in [-0.25, -0.2) is 4.99 Å². The van der Waals surface area contributed by atoms with E-state index in [1.54, 1.807) is 19.2 Å². The highest BCUT2D eigenvalue weighted by Crippen LogP contribution is 2.34. The number of aromatic nitrogens is 1. The van der Waals surface area contributed by atoms with Gasteiger partial charge in [-0.05, 0) is 49.1 Å². The van der Waals surface area contributed by atoms with Crippen molar-refractivity contribution in [2.45, 2.75) is 141 Å². The molecule has 1 aliphatic heterocycles. The molecule has 0 aliphatic carbocycles. The molecule has 0 bridgehead atoms. The van der Waals surface area contributed by atoms with Crippen molar-refractivity contribution in [3.8, 4) is 11.8 Å². The first-order chi connectivity index (χ1) is 26.5. The van der Waals surface area contributed by atoms with Crippen LogP contribution in [0, 0.1) is 11.3 Å². The van der Waals surface area contributed by atoms with Crippen LogP contribution in [0.5, 0.6) is 5.75 Å². The fourth-order valence-electron chi connectivity index (χ4n) is 6.49. The predicted molar refractivity (Wildman–Crippen MR) is 216 cm³/mol. The first kappa shape index (κ1) is 45.6. The molecule has 2 heterocycles. The molecule has 0 radical (unpaired) electrons. The van der Waals surface area contributed by atoms with E-state index in [9.17, 15) is 10.2 Å². The van der Waals surface area contributed by atoms with Crippen LogP contribution in [0.4, 0.5) is 0 Å². The topological polar surface area (TPSA) is 155 Å². The summed E-state index contributed by atoms with van der Waals surface area (Å²) in [6, 6.07) is 11.4. The van der Waals surface area contributed by atoms with Gasteiger partial charge in [0.05, 0.1) is 45.2 Å². The minimum absolute atomic E-state index is 0.0944. The monoisotopic (exact) mass is 773 g/mol. The molecule has 0 saturated carbocycles. The van der Waals surface area contributed by atoms with Crippen molar-refractivity contribution in [2.24, 2.45) is 10.7 Å². The lowest BCUT2D eigenvalue weighted by atomic mass is 10.0. The largest absolute Gasteiger partial charge is 0.495 e. The fraction of sp³-hybridized carbons (Fsp3) is 0.707. The Hall–Kier alpha value is -2.75. The van der Waals surface area contributed by atoms with E-state index in [1.165, 1.54) is 97.0 Å². The van der Waals surface area contributed by atoms with Gasteiger partial charge in [-0.15, -0.1) is 0 Å². The molecule has 13 heteroatoms. The number of rotatable bonds is 33.